The first-order valence-corrected chi connectivity index (χ1v) is 28.1. The van der Waals surface area contributed by atoms with Crippen LogP contribution in [-0.2, 0) is 75.8 Å². The Kier molecular flexibility index (Phi) is 23.7. The first kappa shape index (κ1) is 70.1. The third-order valence-electron chi connectivity index (χ3n) is 16.5. The molecule has 0 aliphatic carbocycles. The van der Waals surface area contributed by atoms with E-state index in [1.165, 1.54) is 24.3 Å². The maximum atomic E-state index is 13.6. The smallest absolute Gasteiger partial charge is 0.339 e. The fourth-order valence-electron chi connectivity index (χ4n) is 11.6. The Bertz CT molecular complexity index is 2420. The summed E-state index contributed by atoms with van der Waals surface area (Å²) in [5, 5.41) is 224. The van der Waals surface area contributed by atoms with E-state index in [2.05, 4.69) is 0 Å². The third kappa shape index (κ3) is 14.1. The van der Waals surface area contributed by atoms with Crippen molar-refractivity contribution in [3.63, 3.8) is 0 Å². The second-order valence-electron chi connectivity index (χ2n) is 22.1. The SMILES string of the molecule is COC(=O)c1ccccc1C(=O)OC[C@H]1O[C@@H]2O[C@H]3[C@H](O)[C@@H](O)[C@@H](O[C@H]4[C@H](O)[C@@H](O)[C@@H](O[C@H]5[C@H](O)[C@@H](O)[C@@H](O[C@H]6[C@H](O)[C@@H](O)[C@@H](O[C@H]7[C@H](O)[C@@H](O)[C@@H](O[C@H]8[C@H](O)[C@@H](O)[C@@H](O[C@H]1[C@H](O)[C@H]2O)O[C@@H]8CO)O[C@@H]7CO)O[C@@H]6CO)O[C@@H]5CO)O[C@@H]4CO)O[C@@H]3CO. The Morgan fingerprint density at radius 1 is 0.303 bits per heavy atom. The highest BCUT2D eigenvalue weighted by molar-refractivity contribution is 6.03. The fraction of sp³-hybridized carbons (Fsp3) is 0.843. The van der Waals surface area contributed by atoms with Crippen molar-refractivity contribution in [3.05, 3.63) is 35.4 Å². The molecule has 21 fully saturated rings. The number of aliphatic hydroxyl groups is 20. The van der Waals surface area contributed by atoms with Gasteiger partial charge in [-0.25, -0.2) is 9.59 Å². The summed E-state index contributed by atoms with van der Waals surface area (Å²) < 4.78 is 91.0. The average Bonchev–Trinajstić information content (AvgIpc) is 0.977. The van der Waals surface area contributed by atoms with Crippen LogP contribution in [0.1, 0.15) is 20.7 Å². The maximum absolute atomic E-state index is 13.6. The van der Waals surface area contributed by atoms with Gasteiger partial charge in [0.2, 0.25) is 0 Å². The van der Waals surface area contributed by atoms with Crippen LogP contribution in [-0.4, -0.2) is 382 Å². The molecule has 1 aromatic carbocycles. The Morgan fingerprint density at radius 2 is 0.494 bits per heavy atom. The van der Waals surface area contributed by atoms with Gasteiger partial charge in [0.05, 0.1) is 57.9 Å². The van der Waals surface area contributed by atoms with Gasteiger partial charge in [-0.05, 0) is 12.1 Å². The largest absolute Gasteiger partial charge is 0.465 e. The predicted molar refractivity (Wildman–Crippen MR) is 269 cm³/mol. The van der Waals surface area contributed by atoms with Crippen LogP contribution in [0.15, 0.2) is 24.3 Å². The molecule has 22 rings (SSSR count). The lowest BCUT2D eigenvalue weighted by molar-refractivity contribution is -0.396. The Balaban J connectivity index is 1.03. The molecule has 0 radical (unpaired) electrons. The summed E-state index contributed by atoms with van der Waals surface area (Å²) in [6.07, 6.45) is -72.9. The van der Waals surface area contributed by atoms with Gasteiger partial charge in [0.1, 0.15) is 178 Å². The molecule has 35 atom stereocenters. The normalized spacial score (nSPS) is 49.3. The van der Waals surface area contributed by atoms with Crippen molar-refractivity contribution in [1.82, 2.24) is 0 Å². The van der Waals surface area contributed by atoms with Crippen LogP contribution in [0.2, 0.25) is 0 Å². The quantitative estimate of drug-likeness (QED) is 0.0967. The second-order valence-corrected chi connectivity index (χ2v) is 22.1. The molecule has 0 amide bonds. The van der Waals surface area contributed by atoms with E-state index in [0.717, 1.165) is 7.11 Å². The molecule has 21 heterocycles. The molecule has 21 aliphatic rings. The Morgan fingerprint density at radius 3 is 0.697 bits per heavy atom. The molecule has 21 saturated heterocycles. The van der Waals surface area contributed by atoms with E-state index in [9.17, 15) is 112 Å². The van der Waals surface area contributed by atoms with Crippen LogP contribution >= 0.6 is 0 Å². The molecule has 0 aromatic heterocycles. The number of ether oxygens (including phenoxy) is 16. The van der Waals surface area contributed by atoms with Crippen molar-refractivity contribution < 1.29 is 188 Å². The molecule has 20 N–H and O–H groups in total. The first-order valence-electron chi connectivity index (χ1n) is 28.1. The van der Waals surface area contributed by atoms with Gasteiger partial charge in [-0.1, -0.05) is 12.1 Å². The molecule has 0 saturated carbocycles. The minimum absolute atomic E-state index is 0.272. The van der Waals surface area contributed by atoms with E-state index in [0.29, 0.717) is 0 Å². The molecular formula is C51H76O38. The summed E-state index contributed by atoms with van der Waals surface area (Å²) >= 11 is 0. The molecule has 0 unspecified atom stereocenters. The summed E-state index contributed by atoms with van der Waals surface area (Å²) in [5.41, 5.74) is -0.628. The Labute approximate surface area is 502 Å². The van der Waals surface area contributed by atoms with Crippen LogP contribution in [0.5, 0.6) is 0 Å². The van der Waals surface area contributed by atoms with E-state index in [-0.39, 0.29) is 11.1 Å². The lowest BCUT2D eigenvalue weighted by Crippen LogP contribution is -2.68. The van der Waals surface area contributed by atoms with Crippen LogP contribution in [0.25, 0.3) is 0 Å². The summed E-state index contributed by atoms with van der Waals surface area (Å²) in [6.45, 7) is -7.58. The highest BCUT2D eigenvalue weighted by atomic mass is 16.8. The van der Waals surface area contributed by atoms with E-state index in [1.807, 2.05) is 0 Å². The standard InChI is InChI=1S/C51H76O38/c1-74-43(72)13-4-2-3-5-14(13)44(73)75-12-21-42-28(64)35(71)51(82-21)88-41-20(11-57)80-49(33(69)26(41)62)86-39-18(9-55)78-47(31(67)24(39)60)84-37-16(7-53)76-45(29(65)22(37)58)83-36-15(6-52)77-46(30(66)23(36)59)85-38-17(8-54)79-48(32(68)25(38)61)87-40-19(10-56)81-50(89-42)34(70)27(40)63/h2-5,15-42,45-71H,6-12H2,1H3/t15-,16-,17-,18-,19-,20-,21-,22-,23-,24-,25-,26-,27-,28-,29-,30-,31-,32-,33-,34-,35-,36-,37-,38-,39-,40-,41-,42-,45-,46-,47-,48-,49-,50-,51-/m1/s1. The zero-order valence-electron chi connectivity index (χ0n) is 46.8. The number of aliphatic hydroxyl groups excluding tert-OH is 20. The van der Waals surface area contributed by atoms with Gasteiger partial charge in [0.15, 0.2) is 44.0 Å². The monoisotopic (exact) mass is 1300 g/mol. The topological polar surface area (TPSA) is 586 Å². The number of esters is 2. The molecule has 0 spiro atoms. The molecule has 14 bridgehead atoms. The van der Waals surface area contributed by atoms with E-state index in [1.54, 1.807) is 0 Å². The number of methoxy groups -OCH3 is 1. The van der Waals surface area contributed by atoms with Crippen LogP contribution < -0.4 is 0 Å². The number of hydrogen-bond acceptors (Lipinski definition) is 38. The van der Waals surface area contributed by atoms with Crippen molar-refractivity contribution in [2.75, 3.05) is 53.4 Å². The van der Waals surface area contributed by atoms with Crippen molar-refractivity contribution in [2.24, 2.45) is 0 Å². The molecule has 21 aliphatic heterocycles. The number of carbonyl (C=O) groups excluding carboxylic acids is 2. The first-order chi connectivity index (χ1) is 42.4. The highest BCUT2D eigenvalue weighted by Crippen LogP contribution is 2.39. The number of carbonyl (C=O) groups is 2. The summed E-state index contributed by atoms with van der Waals surface area (Å²) in [4.78, 5) is 26.2. The summed E-state index contributed by atoms with van der Waals surface area (Å²) in [7, 11) is 1.04. The maximum Gasteiger partial charge on any atom is 0.339 e. The molecule has 508 valence electrons. The minimum atomic E-state index is -2.34. The highest BCUT2D eigenvalue weighted by Gasteiger charge is 2.60. The van der Waals surface area contributed by atoms with Gasteiger partial charge in [0.25, 0.3) is 0 Å². The lowest BCUT2D eigenvalue weighted by Gasteiger charge is -2.50. The molecule has 89 heavy (non-hydrogen) atoms. The molecule has 38 nitrogen and oxygen atoms in total. The summed E-state index contributed by atoms with van der Waals surface area (Å²) in [6, 6.07) is 5.17. The van der Waals surface area contributed by atoms with Gasteiger partial charge >= 0.3 is 11.9 Å². The van der Waals surface area contributed by atoms with Crippen molar-refractivity contribution in [3.8, 4) is 0 Å². The van der Waals surface area contributed by atoms with Gasteiger partial charge in [-0.3, -0.25) is 0 Å². The van der Waals surface area contributed by atoms with Crippen LogP contribution in [0.4, 0.5) is 0 Å². The van der Waals surface area contributed by atoms with Crippen LogP contribution in [0, 0.1) is 0 Å². The number of rotatable bonds is 10. The van der Waals surface area contributed by atoms with Crippen molar-refractivity contribution >= 4 is 11.9 Å². The summed E-state index contributed by atoms with van der Waals surface area (Å²) in [5.74, 6) is -2.19. The van der Waals surface area contributed by atoms with E-state index < -0.39 is 273 Å². The van der Waals surface area contributed by atoms with Gasteiger partial charge in [-0.2, -0.15) is 0 Å². The molecular weight excluding hydrogens is 1220 g/mol. The Hall–Kier alpha value is -3.20. The predicted octanol–water partition coefficient (Wildman–Crippen LogP) is -13.6. The third-order valence-corrected chi connectivity index (χ3v) is 16.5. The number of benzene rings is 1. The van der Waals surface area contributed by atoms with Crippen LogP contribution in [0.3, 0.4) is 0 Å². The van der Waals surface area contributed by atoms with Gasteiger partial charge in [0, 0.05) is 0 Å². The zero-order chi connectivity index (χ0) is 64.6. The lowest BCUT2D eigenvalue weighted by atomic mass is 9.95. The zero-order valence-corrected chi connectivity index (χ0v) is 46.8. The van der Waals surface area contributed by atoms with Crippen molar-refractivity contribution in [2.45, 2.75) is 215 Å². The molecule has 38 heteroatoms. The fourth-order valence-corrected chi connectivity index (χ4v) is 11.6. The van der Waals surface area contributed by atoms with Gasteiger partial charge in [-0.15, -0.1) is 0 Å². The number of hydrogen-bond donors (Lipinski definition) is 20. The van der Waals surface area contributed by atoms with Crippen molar-refractivity contribution in [1.29, 1.82) is 0 Å². The minimum Gasteiger partial charge on any atom is -0.465 e. The van der Waals surface area contributed by atoms with E-state index >= 15 is 0 Å². The average molecular weight is 1300 g/mol. The second kappa shape index (κ2) is 30.0. The molecule has 1 aromatic rings. The van der Waals surface area contributed by atoms with E-state index in [4.69, 9.17) is 75.8 Å². The van der Waals surface area contributed by atoms with Gasteiger partial charge < -0.3 is 178 Å².